The molecule has 2 rings (SSSR count). The van der Waals surface area contributed by atoms with E-state index in [9.17, 15) is 4.79 Å². The van der Waals surface area contributed by atoms with Crippen LogP contribution in [-0.4, -0.2) is 20.9 Å². The maximum atomic E-state index is 11.6. The SMILES string of the molecule is Cc1cn(CC(=O)NCc2ccccc2)nn1. The third-order valence-electron chi connectivity index (χ3n) is 2.29. The summed E-state index contributed by atoms with van der Waals surface area (Å²) in [6, 6.07) is 9.79. The van der Waals surface area contributed by atoms with Crippen molar-refractivity contribution >= 4 is 5.91 Å². The van der Waals surface area contributed by atoms with Crippen molar-refractivity contribution in [2.24, 2.45) is 0 Å². The molecule has 5 nitrogen and oxygen atoms in total. The molecule has 0 bridgehead atoms. The molecule has 0 saturated heterocycles. The van der Waals surface area contributed by atoms with Crippen molar-refractivity contribution in [1.82, 2.24) is 20.3 Å². The van der Waals surface area contributed by atoms with Gasteiger partial charge < -0.3 is 5.32 Å². The van der Waals surface area contributed by atoms with E-state index in [4.69, 9.17) is 0 Å². The summed E-state index contributed by atoms with van der Waals surface area (Å²) in [5, 5.41) is 10.5. The van der Waals surface area contributed by atoms with E-state index in [0.29, 0.717) is 6.54 Å². The van der Waals surface area contributed by atoms with Gasteiger partial charge in [0.1, 0.15) is 6.54 Å². The monoisotopic (exact) mass is 230 g/mol. The highest BCUT2D eigenvalue weighted by Crippen LogP contribution is 1.97. The Hall–Kier alpha value is -2.17. The van der Waals surface area contributed by atoms with E-state index in [0.717, 1.165) is 11.3 Å². The van der Waals surface area contributed by atoms with Gasteiger partial charge >= 0.3 is 0 Å². The van der Waals surface area contributed by atoms with Crippen LogP contribution in [0, 0.1) is 6.92 Å². The van der Waals surface area contributed by atoms with Crippen molar-refractivity contribution < 1.29 is 4.79 Å². The third kappa shape index (κ3) is 3.41. The van der Waals surface area contributed by atoms with Gasteiger partial charge in [-0.2, -0.15) is 0 Å². The molecule has 1 amide bonds. The number of hydrogen-bond donors (Lipinski definition) is 1. The van der Waals surface area contributed by atoms with Crippen LogP contribution in [0.2, 0.25) is 0 Å². The maximum Gasteiger partial charge on any atom is 0.242 e. The van der Waals surface area contributed by atoms with Crippen LogP contribution in [0.15, 0.2) is 36.5 Å². The molecule has 1 heterocycles. The molecular weight excluding hydrogens is 216 g/mol. The molecule has 1 aromatic carbocycles. The first-order valence-electron chi connectivity index (χ1n) is 5.41. The second kappa shape index (κ2) is 5.25. The van der Waals surface area contributed by atoms with Gasteiger partial charge in [0.05, 0.1) is 5.69 Å². The lowest BCUT2D eigenvalue weighted by molar-refractivity contribution is -0.122. The van der Waals surface area contributed by atoms with Crippen LogP contribution in [0.4, 0.5) is 0 Å². The van der Waals surface area contributed by atoms with Crippen LogP contribution in [-0.2, 0) is 17.9 Å². The third-order valence-corrected chi connectivity index (χ3v) is 2.29. The zero-order chi connectivity index (χ0) is 12.1. The Balaban J connectivity index is 1.82. The smallest absolute Gasteiger partial charge is 0.242 e. The van der Waals surface area contributed by atoms with Gasteiger partial charge in [-0.1, -0.05) is 35.5 Å². The van der Waals surface area contributed by atoms with Crippen LogP contribution in [0.1, 0.15) is 11.3 Å². The largest absolute Gasteiger partial charge is 0.350 e. The predicted molar refractivity (Wildman–Crippen MR) is 63.0 cm³/mol. The second-order valence-corrected chi connectivity index (χ2v) is 3.82. The lowest BCUT2D eigenvalue weighted by Gasteiger charge is -2.04. The van der Waals surface area contributed by atoms with Crippen molar-refractivity contribution in [3.05, 3.63) is 47.8 Å². The number of carbonyl (C=O) groups excluding carboxylic acids is 1. The van der Waals surface area contributed by atoms with E-state index < -0.39 is 0 Å². The van der Waals surface area contributed by atoms with Crippen LogP contribution >= 0.6 is 0 Å². The van der Waals surface area contributed by atoms with Crippen molar-refractivity contribution in [3.63, 3.8) is 0 Å². The lowest BCUT2D eigenvalue weighted by Crippen LogP contribution is -2.27. The first-order valence-corrected chi connectivity index (χ1v) is 5.41. The highest BCUT2D eigenvalue weighted by molar-refractivity contribution is 5.75. The lowest BCUT2D eigenvalue weighted by atomic mass is 10.2. The average Bonchev–Trinajstić information content (AvgIpc) is 2.73. The molecule has 17 heavy (non-hydrogen) atoms. The number of carbonyl (C=O) groups is 1. The molecule has 2 aromatic rings. The molecule has 0 saturated carbocycles. The summed E-state index contributed by atoms with van der Waals surface area (Å²) in [6.45, 7) is 2.58. The highest BCUT2D eigenvalue weighted by atomic mass is 16.2. The van der Waals surface area contributed by atoms with Gasteiger partial charge in [-0.05, 0) is 12.5 Å². The summed E-state index contributed by atoms with van der Waals surface area (Å²) in [5.41, 5.74) is 1.89. The van der Waals surface area contributed by atoms with Gasteiger partial charge in [-0.25, -0.2) is 4.68 Å². The Morgan fingerprint density at radius 1 is 1.35 bits per heavy atom. The Labute approximate surface area is 99.5 Å². The first kappa shape index (κ1) is 11.3. The number of aromatic nitrogens is 3. The quantitative estimate of drug-likeness (QED) is 0.849. The number of rotatable bonds is 4. The summed E-state index contributed by atoms with van der Waals surface area (Å²) in [4.78, 5) is 11.6. The highest BCUT2D eigenvalue weighted by Gasteiger charge is 2.03. The average molecular weight is 230 g/mol. The molecule has 5 heteroatoms. The summed E-state index contributed by atoms with van der Waals surface area (Å²) < 4.78 is 1.52. The molecule has 1 aromatic heterocycles. The minimum atomic E-state index is -0.0706. The standard InChI is InChI=1S/C12H14N4O/c1-10-8-16(15-14-10)9-12(17)13-7-11-5-3-2-4-6-11/h2-6,8H,7,9H2,1H3,(H,13,17). The van der Waals surface area contributed by atoms with Gasteiger partial charge in [0, 0.05) is 12.7 Å². The number of nitrogens with zero attached hydrogens (tertiary/aromatic N) is 3. The summed E-state index contributed by atoms with van der Waals surface area (Å²) in [5.74, 6) is -0.0706. The van der Waals surface area contributed by atoms with Gasteiger partial charge in [0.25, 0.3) is 0 Å². The fourth-order valence-electron chi connectivity index (χ4n) is 1.47. The molecule has 1 N–H and O–H groups in total. The van der Waals surface area contributed by atoms with E-state index in [2.05, 4.69) is 15.6 Å². The maximum absolute atomic E-state index is 11.6. The normalized spacial score (nSPS) is 10.2. The second-order valence-electron chi connectivity index (χ2n) is 3.82. The van der Waals surface area contributed by atoms with Crippen LogP contribution < -0.4 is 5.32 Å². The predicted octanol–water partition coefficient (Wildman–Crippen LogP) is 0.903. The van der Waals surface area contributed by atoms with E-state index in [1.54, 1.807) is 6.20 Å². The van der Waals surface area contributed by atoms with Gasteiger partial charge in [0.2, 0.25) is 5.91 Å². The molecule has 0 atom stereocenters. The van der Waals surface area contributed by atoms with E-state index in [1.165, 1.54) is 4.68 Å². The molecule has 0 spiro atoms. The molecular formula is C12H14N4O. The van der Waals surface area contributed by atoms with Gasteiger partial charge in [-0.3, -0.25) is 4.79 Å². The Morgan fingerprint density at radius 3 is 2.76 bits per heavy atom. The van der Waals surface area contributed by atoms with Crippen LogP contribution in [0.25, 0.3) is 0 Å². The Morgan fingerprint density at radius 2 is 2.12 bits per heavy atom. The van der Waals surface area contributed by atoms with E-state index in [1.807, 2.05) is 37.3 Å². The number of aryl methyl sites for hydroxylation is 1. The number of amides is 1. The van der Waals surface area contributed by atoms with Crippen LogP contribution in [0.3, 0.4) is 0 Å². The summed E-state index contributed by atoms with van der Waals surface area (Å²) in [7, 11) is 0. The van der Waals surface area contributed by atoms with E-state index in [-0.39, 0.29) is 12.5 Å². The molecule has 0 aliphatic rings. The molecule has 0 unspecified atom stereocenters. The van der Waals surface area contributed by atoms with Gasteiger partial charge in [-0.15, -0.1) is 5.10 Å². The summed E-state index contributed by atoms with van der Waals surface area (Å²) >= 11 is 0. The molecule has 0 radical (unpaired) electrons. The van der Waals surface area contributed by atoms with Gasteiger partial charge in [0.15, 0.2) is 0 Å². The Bertz CT molecular complexity index is 492. The minimum absolute atomic E-state index is 0.0706. The van der Waals surface area contributed by atoms with Crippen molar-refractivity contribution in [3.8, 4) is 0 Å². The zero-order valence-corrected chi connectivity index (χ0v) is 9.63. The number of hydrogen-bond acceptors (Lipinski definition) is 3. The molecule has 88 valence electrons. The molecule has 0 fully saturated rings. The molecule has 0 aliphatic heterocycles. The molecule has 0 aliphatic carbocycles. The zero-order valence-electron chi connectivity index (χ0n) is 9.63. The fourth-order valence-corrected chi connectivity index (χ4v) is 1.47. The van der Waals surface area contributed by atoms with Crippen molar-refractivity contribution in [2.45, 2.75) is 20.0 Å². The van der Waals surface area contributed by atoms with Crippen molar-refractivity contribution in [2.75, 3.05) is 0 Å². The van der Waals surface area contributed by atoms with E-state index >= 15 is 0 Å². The van der Waals surface area contributed by atoms with Crippen LogP contribution in [0.5, 0.6) is 0 Å². The summed E-state index contributed by atoms with van der Waals surface area (Å²) in [6.07, 6.45) is 1.74. The van der Waals surface area contributed by atoms with Crippen molar-refractivity contribution in [1.29, 1.82) is 0 Å². The number of nitrogens with one attached hydrogen (secondary N) is 1. The minimum Gasteiger partial charge on any atom is -0.350 e. The first-order chi connectivity index (χ1) is 8.24. The Kier molecular flexibility index (Phi) is 3.49. The topological polar surface area (TPSA) is 59.8 Å². The number of benzene rings is 1. The fraction of sp³-hybridized carbons (Fsp3) is 0.250.